The number of alkyl halides is 3. The minimum absolute atomic E-state index is 0.352. The summed E-state index contributed by atoms with van der Waals surface area (Å²) in [7, 11) is 3.17. The first-order valence-corrected chi connectivity index (χ1v) is 10.9. The molecule has 0 bridgehead atoms. The Kier molecular flexibility index (Phi) is 8.45. The molecule has 2 aromatic carbocycles. The average molecular weight is 492 g/mol. The first-order chi connectivity index (χ1) is 16.6. The molecule has 9 heteroatoms. The van der Waals surface area contributed by atoms with E-state index in [0.29, 0.717) is 35.4 Å². The Hall–Kier alpha value is -3.46. The minimum atomic E-state index is -4.52. The summed E-state index contributed by atoms with van der Waals surface area (Å²) in [6.07, 6.45) is -2.60. The van der Waals surface area contributed by atoms with E-state index < -0.39 is 29.8 Å². The van der Waals surface area contributed by atoms with Crippen molar-refractivity contribution in [2.75, 3.05) is 14.2 Å². The van der Waals surface area contributed by atoms with Crippen LogP contribution in [-0.2, 0) is 12.6 Å². The van der Waals surface area contributed by atoms with E-state index in [-0.39, 0.29) is 5.82 Å². The molecule has 0 aliphatic heterocycles. The molecular weight excluding hydrogens is 465 g/mol. The normalized spacial score (nSPS) is 13.2. The summed E-state index contributed by atoms with van der Waals surface area (Å²) < 4.78 is 71.8. The highest BCUT2D eigenvalue weighted by molar-refractivity contribution is 5.38. The van der Waals surface area contributed by atoms with Crippen molar-refractivity contribution in [2.24, 2.45) is 0 Å². The van der Waals surface area contributed by atoms with E-state index in [1.54, 1.807) is 19.2 Å². The molecule has 0 aliphatic rings. The monoisotopic (exact) mass is 491 g/mol. The lowest BCUT2D eigenvalue weighted by molar-refractivity contribution is -0.141. The number of benzene rings is 2. The van der Waals surface area contributed by atoms with Gasteiger partial charge in [-0.15, -0.1) is 0 Å². The lowest BCUT2D eigenvalue weighted by atomic mass is 9.95. The largest absolute Gasteiger partial charge is 0.496 e. The average Bonchev–Trinajstić information content (AvgIpc) is 2.84. The van der Waals surface area contributed by atoms with Crippen LogP contribution >= 0.6 is 0 Å². The fourth-order valence-electron chi connectivity index (χ4n) is 3.76. The highest BCUT2D eigenvalue weighted by Gasteiger charge is 2.32. The molecule has 0 saturated heterocycles. The van der Waals surface area contributed by atoms with Crippen LogP contribution in [0.4, 0.5) is 22.0 Å². The maximum Gasteiger partial charge on any atom is 0.433 e. The molecule has 2 atom stereocenters. The standard InChI is InChI=1S/C26H26F5N3O/c1-16(32-2)25(18-6-8-19(27)9-7-18)34-22(21-14-20(28)10-12-23(21)35-3)11-4-17-5-13-24(33-15-17)26(29,30)31/h5-10,12-15,22,25,32,34H,1,4,11H2,2-3H3. The highest BCUT2D eigenvalue weighted by atomic mass is 19.4. The predicted molar refractivity (Wildman–Crippen MR) is 124 cm³/mol. The van der Waals surface area contributed by atoms with Crippen LogP contribution < -0.4 is 15.4 Å². The van der Waals surface area contributed by atoms with E-state index >= 15 is 0 Å². The van der Waals surface area contributed by atoms with E-state index in [1.165, 1.54) is 49.7 Å². The van der Waals surface area contributed by atoms with Crippen LogP contribution in [0.1, 0.15) is 40.9 Å². The quantitative estimate of drug-likeness (QED) is 0.335. The summed E-state index contributed by atoms with van der Waals surface area (Å²) in [6, 6.07) is 11.4. The number of hydrogen-bond donors (Lipinski definition) is 2. The smallest absolute Gasteiger partial charge is 0.433 e. The van der Waals surface area contributed by atoms with Gasteiger partial charge in [0.25, 0.3) is 0 Å². The molecule has 0 radical (unpaired) electrons. The summed E-state index contributed by atoms with van der Waals surface area (Å²) in [6.45, 7) is 4.04. The molecule has 35 heavy (non-hydrogen) atoms. The van der Waals surface area contributed by atoms with Crippen LogP contribution in [0, 0.1) is 11.6 Å². The van der Waals surface area contributed by atoms with Crippen molar-refractivity contribution in [1.82, 2.24) is 15.6 Å². The van der Waals surface area contributed by atoms with Crippen molar-refractivity contribution >= 4 is 0 Å². The second-order valence-electron chi connectivity index (χ2n) is 7.95. The van der Waals surface area contributed by atoms with E-state index in [1.807, 2.05) is 0 Å². The molecule has 0 amide bonds. The molecule has 0 fully saturated rings. The van der Waals surface area contributed by atoms with Gasteiger partial charge >= 0.3 is 6.18 Å². The van der Waals surface area contributed by atoms with Gasteiger partial charge in [0.1, 0.15) is 23.1 Å². The second kappa shape index (κ2) is 11.3. The topological polar surface area (TPSA) is 46.2 Å². The third-order valence-electron chi connectivity index (χ3n) is 5.64. The zero-order valence-corrected chi connectivity index (χ0v) is 19.3. The number of pyridine rings is 1. The highest BCUT2D eigenvalue weighted by Crippen LogP contribution is 2.33. The van der Waals surface area contributed by atoms with Crippen molar-refractivity contribution in [2.45, 2.75) is 31.1 Å². The lowest BCUT2D eigenvalue weighted by Gasteiger charge is -2.29. The van der Waals surface area contributed by atoms with E-state index in [2.05, 4.69) is 22.2 Å². The van der Waals surface area contributed by atoms with Gasteiger partial charge in [-0.3, -0.25) is 10.3 Å². The third kappa shape index (κ3) is 6.79. The Labute approximate surface area is 200 Å². The maximum atomic E-state index is 14.2. The van der Waals surface area contributed by atoms with Gasteiger partial charge in [-0.1, -0.05) is 24.8 Å². The lowest BCUT2D eigenvalue weighted by Crippen LogP contribution is -2.32. The van der Waals surface area contributed by atoms with Gasteiger partial charge in [-0.05, 0) is 60.4 Å². The Morgan fingerprint density at radius 1 is 1.03 bits per heavy atom. The fourth-order valence-corrected chi connectivity index (χ4v) is 3.76. The van der Waals surface area contributed by atoms with Crippen molar-refractivity contribution in [3.63, 3.8) is 0 Å². The SMILES string of the molecule is C=C(NC)C(NC(CCc1ccc(C(F)(F)F)nc1)c1cc(F)ccc1OC)c1ccc(F)cc1. The van der Waals surface area contributed by atoms with Crippen molar-refractivity contribution in [3.05, 3.63) is 107 Å². The van der Waals surface area contributed by atoms with Gasteiger partial charge in [0.2, 0.25) is 0 Å². The summed E-state index contributed by atoms with van der Waals surface area (Å²) >= 11 is 0. The molecule has 0 spiro atoms. The molecule has 4 nitrogen and oxygen atoms in total. The Balaban J connectivity index is 1.94. The van der Waals surface area contributed by atoms with Crippen molar-refractivity contribution < 1.29 is 26.7 Å². The molecule has 2 unspecified atom stereocenters. The summed E-state index contributed by atoms with van der Waals surface area (Å²) in [5.74, 6) is -0.405. The Morgan fingerprint density at radius 2 is 1.71 bits per heavy atom. The molecular formula is C26H26F5N3O. The van der Waals surface area contributed by atoms with Crippen LogP contribution in [0.3, 0.4) is 0 Å². The fraction of sp³-hybridized carbons (Fsp3) is 0.269. The van der Waals surface area contributed by atoms with Gasteiger partial charge in [-0.25, -0.2) is 8.78 Å². The van der Waals surface area contributed by atoms with Crippen LogP contribution in [0.15, 0.2) is 73.1 Å². The molecule has 3 aromatic rings. The van der Waals surface area contributed by atoms with Crippen LogP contribution in [0.5, 0.6) is 5.75 Å². The summed E-state index contributed by atoms with van der Waals surface area (Å²) in [4.78, 5) is 3.52. The minimum Gasteiger partial charge on any atom is -0.496 e. The van der Waals surface area contributed by atoms with E-state index in [0.717, 1.165) is 11.6 Å². The Bertz CT molecular complexity index is 1130. The van der Waals surface area contributed by atoms with Crippen LogP contribution in [0.25, 0.3) is 0 Å². The van der Waals surface area contributed by atoms with Gasteiger partial charge in [-0.2, -0.15) is 13.2 Å². The van der Waals surface area contributed by atoms with E-state index in [9.17, 15) is 22.0 Å². The third-order valence-corrected chi connectivity index (χ3v) is 5.64. The van der Waals surface area contributed by atoms with E-state index in [4.69, 9.17) is 4.74 Å². The number of rotatable bonds is 10. The van der Waals surface area contributed by atoms with Crippen molar-refractivity contribution in [3.8, 4) is 5.75 Å². The van der Waals surface area contributed by atoms with Gasteiger partial charge < -0.3 is 10.1 Å². The van der Waals surface area contributed by atoms with Crippen LogP contribution in [-0.4, -0.2) is 19.1 Å². The molecule has 1 heterocycles. The van der Waals surface area contributed by atoms with Gasteiger partial charge in [0, 0.05) is 30.5 Å². The molecule has 3 rings (SSSR count). The molecule has 1 aromatic heterocycles. The predicted octanol–water partition coefficient (Wildman–Crippen LogP) is 6.13. The Morgan fingerprint density at radius 3 is 2.29 bits per heavy atom. The number of halogens is 5. The number of nitrogens with one attached hydrogen (secondary N) is 2. The first-order valence-electron chi connectivity index (χ1n) is 10.9. The maximum absolute atomic E-state index is 14.2. The summed E-state index contributed by atoms with van der Waals surface area (Å²) in [5, 5.41) is 6.43. The molecule has 0 saturated carbocycles. The molecule has 186 valence electrons. The number of hydrogen-bond acceptors (Lipinski definition) is 4. The van der Waals surface area contributed by atoms with Gasteiger partial charge in [0.15, 0.2) is 0 Å². The number of aromatic nitrogens is 1. The first kappa shape index (κ1) is 26.2. The number of methoxy groups -OCH3 is 1. The number of aryl methyl sites for hydroxylation is 1. The zero-order valence-electron chi connectivity index (χ0n) is 19.3. The summed E-state index contributed by atoms with van der Waals surface area (Å²) in [5.41, 5.74) is 1.47. The molecule has 0 aliphatic carbocycles. The number of ether oxygens (including phenoxy) is 1. The number of likely N-dealkylation sites (N-methyl/N-ethyl adjacent to an activating group) is 1. The van der Waals surface area contributed by atoms with Gasteiger partial charge in [0.05, 0.1) is 13.2 Å². The molecule has 2 N–H and O–H groups in total. The van der Waals surface area contributed by atoms with Crippen molar-refractivity contribution in [1.29, 1.82) is 0 Å². The second-order valence-corrected chi connectivity index (χ2v) is 7.95. The van der Waals surface area contributed by atoms with Crippen LogP contribution in [0.2, 0.25) is 0 Å². The number of nitrogens with zero attached hydrogens (tertiary/aromatic N) is 1. The zero-order chi connectivity index (χ0) is 25.6.